The molecule has 0 aliphatic carbocycles. The number of ketones is 1. The van der Waals surface area contributed by atoms with Crippen LogP contribution in [0, 0.1) is 13.8 Å². The Kier molecular flexibility index (Phi) is 5.42. The van der Waals surface area contributed by atoms with Crippen molar-refractivity contribution in [3.05, 3.63) is 59.2 Å². The van der Waals surface area contributed by atoms with E-state index in [0.29, 0.717) is 16.7 Å². The van der Waals surface area contributed by atoms with Crippen molar-refractivity contribution < 1.29 is 13.9 Å². The molecule has 0 amide bonds. The van der Waals surface area contributed by atoms with Gasteiger partial charge in [-0.15, -0.1) is 10.2 Å². The third-order valence-corrected chi connectivity index (χ3v) is 4.83. The van der Waals surface area contributed by atoms with Gasteiger partial charge < -0.3 is 9.15 Å². The summed E-state index contributed by atoms with van der Waals surface area (Å²) in [4.78, 5) is 12.6. The first kappa shape index (κ1) is 18.2. The fourth-order valence-corrected chi connectivity index (χ4v) is 3.43. The molecule has 1 aromatic heterocycles. The lowest BCUT2D eigenvalue weighted by Crippen LogP contribution is -2.13. The lowest BCUT2D eigenvalue weighted by molar-refractivity contribution is 0.0993. The van der Waals surface area contributed by atoms with Gasteiger partial charge in [0.2, 0.25) is 5.89 Å². The van der Waals surface area contributed by atoms with Crippen molar-refractivity contribution in [3.63, 3.8) is 0 Å². The predicted octanol–water partition coefficient (Wildman–Crippen LogP) is 4.73. The second-order valence-electron chi connectivity index (χ2n) is 6.10. The summed E-state index contributed by atoms with van der Waals surface area (Å²) in [6.45, 7) is 5.88. The number of nitrogens with zero attached hydrogens (tertiary/aromatic N) is 2. The Labute approximate surface area is 156 Å². The van der Waals surface area contributed by atoms with Crippen LogP contribution < -0.4 is 4.74 Å². The van der Waals surface area contributed by atoms with Gasteiger partial charge in [0.05, 0.1) is 12.4 Å². The summed E-state index contributed by atoms with van der Waals surface area (Å²) >= 11 is 1.26. The summed E-state index contributed by atoms with van der Waals surface area (Å²) in [5, 5.41) is 8.23. The van der Waals surface area contributed by atoms with E-state index >= 15 is 0 Å². The zero-order valence-electron chi connectivity index (χ0n) is 15.1. The van der Waals surface area contributed by atoms with E-state index in [1.54, 1.807) is 31.4 Å². The first-order chi connectivity index (χ1) is 12.5. The Morgan fingerprint density at radius 2 is 1.73 bits per heavy atom. The molecule has 0 saturated heterocycles. The van der Waals surface area contributed by atoms with Gasteiger partial charge >= 0.3 is 0 Å². The van der Waals surface area contributed by atoms with Crippen LogP contribution in [0.2, 0.25) is 0 Å². The highest BCUT2D eigenvalue weighted by atomic mass is 32.2. The fraction of sp³-hybridized carbons (Fsp3) is 0.250. The van der Waals surface area contributed by atoms with Crippen LogP contribution in [0.25, 0.3) is 11.5 Å². The summed E-state index contributed by atoms with van der Waals surface area (Å²) < 4.78 is 10.9. The lowest BCUT2D eigenvalue weighted by atomic mass is 10.1. The predicted molar refractivity (Wildman–Crippen MR) is 102 cm³/mol. The van der Waals surface area contributed by atoms with Gasteiger partial charge in [0.25, 0.3) is 5.22 Å². The summed E-state index contributed by atoms with van der Waals surface area (Å²) in [6, 6.07) is 13.2. The van der Waals surface area contributed by atoms with E-state index < -0.39 is 0 Å². The third kappa shape index (κ3) is 4.14. The largest absolute Gasteiger partial charge is 0.497 e. The minimum atomic E-state index is -0.337. The third-order valence-electron chi connectivity index (χ3n) is 3.90. The highest BCUT2D eigenvalue weighted by Gasteiger charge is 2.20. The summed E-state index contributed by atoms with van der Waals surface area (Å²) in [5.41, 5.74) is 3.78. The first-order valence-corrected chi connectivity index (χ1v) is 9.11. The lowest BCUT2D eigenvalue weighted by Gasteiger charge is -2.08. The highest BCUT2D eigenvalue weighted by Crippen LogP contribution is 2.28. The zero-order chi connectivity index (χ0) is 18.7. The van der Waals surface area contributed by atoms with E-state index in [-0.39, 0.29) is 11.0 Å². The average molecular weight is 368 g/mol. The van der Waals surface area contributed by atoms with Gasteiger partial charge in [0, 0.05) is 11.1 Å². The molecule has 5 nitrogen and oxygen atoms in total. The molecule has 2 aromatic carbocycles. The molecule has 6 heteroatoms. The Morgan fingerprint density at radius 1 is 1.08 bits per heavy atom. The standard InChI is InChI=1S/C20H20N2O3S/c1-12-9-13(2)11-16(10-12)19-21-22-20(25-19)26-14(3)18(23)15-5-7-17(24-4)8-6-15/h5-11,14H,1-4H3/t14-/m1/s1. The number of ether oxygens (including phenoxy) is 1. The van der Waals surface area contributed by atoms with Crippen LogP contribution in [-0.4, -0.2) is 28.3 Å². The molecule has 3 rings (SSSR count). The minimum absolute atomic E-state index is 0.00352. The molecule has 0 N–H and O–H groups in total. The van der Waals surface area contributed by atoms with E-state index in [1.165, 1.54) is 11.8 Å². The van der Waals surface area contributed by atoms with Crippen LogP contribution in [0.4, 0.5) is 0 Å². The maximum absolute atomic E-state index is 12.6. The number of Topliss-reactive ketones (excluding diaryl/α,β-unsaturated/α-hetero) is 1. The van der Waals surface area contributed by atoms with Gasteiger partial charge in [-0.05, 0) is 57.2 Å². The number of rotatable bonds is 6. The maximum Gasteiger partial charge on any atom is 0.277 e. The number of aromatic nitrogens is 2. The van der Waals surface area contributed by atoms with Crippen LogP contribution in [0.1, 0.15) is 28.4 Å². The molecular weight excluding hydrogens is 348 g/mol. The van der Waals surface area contributed by atoms with Crippen molar-refractivity contribution in [2.24, 2.45) is 0 Å². The van der Waals surface area contributed by atoms with Crippen LogP contribution >= 0.6 is 11.8 Å². The number of thioether (sulfide) groups is 1. The molecule has 0 fully saturated rings. The Morgan fingerprint density at radius 3 is 2.35 bits per heavy atom. The molecule has 0 spiro atoms. The number of carbonyl (C=O) groups excluding carboxylic acids is 1. The second kappa shape index (κ2) is 7.74. The van der Waals surface area contributed by atoms with E-state index in [2.05, 4.69) is 16.3 Å². The summed E-state index contributed by atoms with van der Waals surface area (Å²) in [5.74, 6) is 1.18. The molecule has 3 aromatic rings. The van der Waals surface area contributed by atoms with Gasteiger partial charge in [-0.25, -0.2) is 0 Å². The molecule has 1 atom stereocenters. The van der Waals surface area contributed by atoms with Crippen LogP contribution in [0.15, 0.2) is 52.1 Å². The Bertz CT molecular complexity index is 899. The van der Waals surface area contributed by atoms with Gasteiger partial charge in [-0.1, -0.05) is 29.0 Å². The van der Waals surface area contributed by atoms with Crippen molar-refractivity contribution in [1.82, 2.24) is 10.2 Å². The topological polar surface area (TPSA) is 65.2 Å². The second-order valence-corrected chi connectivity index (χ2v) is 7.39. The van der Waals surface area contributed by atoms with Gasteiger partial charge in [0.15, 0.2) is 5.78 Å². The number of aryl methyl sites for hydroxylation is 2. The first-order valence-electron chi connectivity index (χ1n) is 8.23. The van der Waals surface area contributed by atoms with Crippen molar-refractivity contribution in [2.45, 2.75) is 31.2 Å². The molecule has 0 saturated carbocycles. The molecule has 0 aliphatic rings. The molecular formula is C20H20N2O3S. The molecule has 0 unspecified atom stereocenters. The average Bonchev–Trinajstić information content (AvgIpc) is 3.09. The Hall–Kier alpha value is -2.60. The van der Waals surface area contributed by atoms with Crippen molar-refractivity contribution in [2.75, 3.05) is 7.11 Å². The van der Waals surface area contributed by atoms with E-state index in [0.717, 1.165) is 22.4 Å². The molecule has 1 heterocycles. The van der Waals surface area contributed by atoms with E-state index in [9.17, 15) is 4.79 Å². The van der Waals surface area contributed by atoms with Gasteiger partial charge in [-0.2, -0.15) is 0 Å². The smallest absolute Gasteiger partial charge is 0.277 e. The molecule has 134 valence electrons. The molecule has 26 heavy (non-hydrogen) atoms. The molecule has 0 radical (unpaired) electrons. The van der Waals surface area contributed by atoms with E-state index in [4.69, 9.17) is 9.15 Å². The molecule has 0 bridgehead atoms. The zero-order valence-corrected chi connectivity index (χ0v) is 16.0. The quantitative estimate of drug-likeness (QED) is 0.463. The summed E-state index contributed by atoms with van der Waals surface area (Å²) in [6.07, 6.45) is 0. The van der Waals surface area contributed by atoms with Crippen molar-refractivity contribution >= 4 is 17.5 Å². The highest BCUT2D eigenvalue weighted by molar-refractivity contribution is 8.00. The number of methoxy groups -OCH3 is 1. The maximum atomic E-state index is 12.6. The van der Waals surface area contributed by atoms with Crippen LogP contribution in [0.5, 0.6) is 5.75 Å². The number of carbonyl (C=O) groups is 1. The number of benzene rings is 2. The Balaban J connectivity index is 1.72. The minimum Gasteiger partial charge on any atom is -0.497 e. The van der Waals surface area contributed by atoms with Gasteiger partial charge in [0.1, 0.15) is 5.75 Å². The SMILES string of the molecule is COc1ccc(C(=O)[C@@H](C)Sc2nnc(-c3cc(C)cc(C)c3)o2)cc1. The van der Waals surface area contributed by atoms with Crippen LogP contribution in [0.3, 0.4) is 0 Å². The van der Waals surface area contributed by atoms with Crippen molar-refractivity contribution in [1.29, 1.82) is 0 Å². The van der Waals surface area contributed by atoms with Crippen LogP contribution in [-0.2, 0) is 0 Å². The normalized spacial score (nSPS) is 12.0. The van der Waals surface area contributed by atoms with Gasteiger partial charge in [-0.3, -0.25) is 4.79 Å². The number of hydrogen-bond donors (Lipinski definition) is 0. The molecule has 0 aliphatic heterocycles. The fourth-order valence-electron chi connectivity index (χ4n) is 2.67. The summed E-state index contributed by atoms with van der Waals surface area (Å²) in [7, 11) is 1.60. The monoisotopic (exact) mass is 368 g/mol. The van der Waals surface area contributed by atoms with E-state index in [1.807, 2.05) is 32.9 Å². The van der Waals surface area contributed by atoms with Crippen molar-refractivity contribution in [3.8, 4) is 17.2 Å². The number of hydrogen-bond acceptors (Lipinski definition) is 6.